The van der Waals surface area contributed by atoms with Crippen molar-refractivity contribution in [3.8, 4) is 66.8 Å². The van der Waals surface area contributed by atoms with Crippen molar-refractivity contribution < 1.29 is 0 Å². The summed E-state index contributed by atoms with van der Waals surface area (Å²) < 4.78 is 0. The summed E-state index contributed by atoms with van der Waals surface area (Å²) in [5.41, 5.74) is 14.7. The fourth-order valence-electron chi connectivity index (χ4n) is 9.18. The maximum Gasteiger partial charge on any atom is -0.00261 e. The first kappa shape index (κ1) is 33.8. The molecule has 0 radical (unpaired) electrons. The lowest BCUT2D eigenvalue weighted by Gasteiger charge is -2.19. The predicted octanol–water partition coefficient (Wildman–Crippen LogP) is 16.3. The second-order valence-electron chi connectivity index (χ2n) is 15.2. The Hall–Kier alpha value is -7.54. The monoisotopic (exact) mass is 734 g/mol. The predicted molar refractivity (Wildman–Crippen MR) is 249 cm³/mol. The van der Waals surface area contributed by atoms with Gasteiger partial charge in [0.15, 0.2) is 0 Å². The van der Waals surface area contributed by atoms with Crippen molar-refractivity contribution in [2.75, 3.05) is 0 Å². The van der Waals surface area contributed by atoms with E-state index in [1.54, 1.807) is 0 Å². The molecule has 0 bridgehead atoms. The first-order valence-corrected chi connectivity index (χ1v) is 20.1. The normalized spacial score (nSPS) is 11.4. The van der Waals surface area contributed by atoms with Crippen LogP contribution in [0.4, 0.5) is 0 Å². The average Bonchev–Trinajstić information content (AvgIpc) is 3.30. The third kappa shape index (κ3) is 5.78. The molecule has 0 N–H and O–H groups in total. The van der Waals surface area contributed by atoms with Gasteiger partial charge in [-0.3, -0.25) is 0 Å². The Bertz CT molecular complexity index is 3260. The molecular weight excluding hydrogens is 697 g/mol. The van der Waals surface area contributed by atoms with Crippen molar-refractivity contribution in [3.05, 3.63) is 231 Å². The molecule has 58 heavy (non-hydrogen) atoms. The van der Waals surface area contributed by atoms with E-state index in [-0.39, 0.29) is 0 Å². The van der Waals surface area contributed by atoms with Crippen molar-refractivity contribution in [2.45, 2.75) is 0 Å². The fraction of sp³-hybridized carbons (Fsp3) is 0. The topological polar surface area (TPSA) is 0 Å². The van der Waals surface area contributed by atoms with Crippen molar-refractivity contribution >= 4 is 43.1 Å². The van der Waals surface area contributed by atoms with E-state index in [2.05, 4.69) is 231 Å². The van der Waals surface area contributed by atoms with Gasteiger partial charge in [-0.1, -0.05) is 206 Å². The zero-order valence-electron chi connectivity index (χ0n) is 31.9. The van der Waals surface area contributed by atoms with E-state index < -0.39 is 0 Å². The SMILES string of the molecule is c1ccc(-c2cccc(-c3cc(-c4ccccc4-c4cccc5ccccc45)c4cc(-c5c6ccccc6c(-c6ccccc6)c6ccccc56)ccc4c3)c2)cc1. The highest BCUT2D eigenvalue weighted by molar-refractivity contribution is 6.22. The highest BCUT2D eigenvalue weighted by Crippen LogP contribution is 2.46. The van der Waals surface area contributed by atoms with Crippen LogP contribution in [0.25, 0.3) is 110 Å². The lowest BCUT2D eigenvalue weighted by atomic mass is 9.84. The lowest BCUT2D eigenvalue weighted by molar-refractivity contribution is 1.58. The van der Waals surface area contributed by atoms with Gasteiger partial charge in [-0.2, -0.15) is 0 Å². The van der Waals surface area contributed by atoms with Crippen LogP contribution in [0.1, 0.15) is 0 Å². The Morgan fingerprint density at radius 2 is 0.638 bits per heavy atom. The Morgan fingerprint density at radius 3 is 1.31 bits per heavy atom. The van der Waals surface area contributed by atoms with E-state index in [1.165, 1.54) is 110 Å². The number of hydrogen-bond acceptors (Lipinski definition) is 0. The molecule has 0 spiro atoms. The molecular formula is C58H38. The summed E-state index contributed by atoms with van der Waals surface area (Å²) in [7, 11) is 0. The van der Waals surface area contributed by atoms with Gasteiger partial charge in [0.2, 0.25) is 0 Å². The van der Waals surface area contributed by atoms with Crippen molar-refractivity contribution in [2.24, 2.45) is 0 Å². The van der Waals surface area contributed by atoms with E-state index in [9.17, 15) is 0 Å². The van der Waals surface area contributed by atoms with E-state index >= 15 is 0 Å². The van der Waals surface area contributed by atoms with Gasteiger partial charge >= 0.3 is 0 Å². The van der Waals surface area contributed by atoms with Gasteiger partial charge < -0.3 is 0 Å². The molecule has 0 aliphatic carbocycles. The smallest absolute Gasteiger partial charge is 0.00261 e. The zero-order valence-corrected chi connectivity index (χ0v) is 31.9. The molecule has 11 aromatic rings. The summed E-state index contributed by atoms with van der Waals surface area (Å²) in [6, 6.07) is 84.6. The van der Waals surface area contributed by atoms with E-state index in [4.69, 9.17) is 0 Å². The van der Waals surface area contributed by atoms with Gasteiger partial charge in [0.25, 0.3) is 0 Å². The van der Waals surface area contributed by atoms with Crippen molar-refractivity contribution in [3.63, 3.8) is 0 Å². The zero-order chi connectivity index (χ0) is 38.4. The third-order valence-electron chi connectivity index (χ3n) is 11.8. The van der Waals surface area contributed by atoms with Crippen LogP contribution < -0.4 is 0 Å². The molecule has 0 aliphatic rings. The Balaban J connectivity index is 1.20. The van der Waals surface area contributed by atoms with Gasteiger partial charge in [-0.15, -0.1) is 0 Å². The highest BCUT2D eigenvalue weighted by Gasteiger charge is 2.19. The van der Waals surface area contributed by atoms with Crippen LogP contribution in [0.3, 0.4) is 0 Å². The summed E-state index contributed by atoms with van der Waals surface area (Å²) >= 11 is 0. The molecule has 270 valence electrons. The summed E-state index contributed by atoms with van der Waals surface area (Å²) in [5.74, 6) is 0. The van der Waals surface area contributed by atoms with Crippen LogP contribution in [0.2, 0.25) is 0 Å². The second-order valence-corrected chi connectivity index (χ2v) is 15.2. The first-order valence-electron chi connectivity index (χ1n) is 20.1. The van der Waals surface area contributed by atoms with Crippen LogP contribution in [-0.2, 0) is 0 Å². The Kier molecular flexibility index (Phi) is 8.26. The number of fused-ring (bicyclic) bond motifs is 4. The number of hydrogen-bond donors (Lipinski definition) is 0. The molecule has 0 atom stereocenters. The van der Waals surface area contributed by atoms with Gasteiger partial charge in [-0.25, -0.2) is 0 Å². The number of rotatable bonds is 6. The standard InChI is InChI=1S/C58H38/c1-3-17-39(18-4-1)42-23-15-24-43(35-42)46-36-44-33-34-45(58-53-30-13-11-28-51(53)57(41-20-5-2-6-21-41)52-29-12-14-31-54(52)58)37-55(44)56(38-46)50-27-10-9-26-49(50)48-32-16-22-40-19-7-8-25-47(40)48/h1-38H. The maximum atomic E-state index is 2.45. The van der Waals surface area contributed by atoms with Crippen LogP contribution >= 0.6 is 0 Å². The maximum absolute atomic E-state index is 2.45. The van der Waals surface area contributed by atoms with E-state index in [0.717, 1.165) is 0 Å². The van der Waals surface area contributed by atoms with Gasteiger partial charge in [0, 0.05) is 0 Å². The quantitative estimate of drug-likeness (QED) is 0.149. The third-order valence-corrected chi connectivity index (χ3v) is 11.8. The van der Waals surface area contributed by atoms with Crippen LogP contribution in [0.5, 0.6) is 0 Å². The molecule has 0 unspecified atom stereocenters. The first-order chi connectivity index (χ1) is 28.8. The number of benzene rings is 11. The molecule has 0 amide bonds. The van der Waals surface area contributed by atoms with Crippen LogP contribution in [0, 0.1) is 0 Å². The van der Waals surface area contributed by atoms with Crippen molar-refractivity contribution in [1.82, 2.24) is 0 Å². The molecule has 0 heterocycles. The fourth-order valence-corrected chi connectivity index (χ4v) is 9.18. The molecule has 0 saturated heterocycles. The minimum absolute atomic E-state index is 1.20. The molecule has 0 aliphatic heterocycles. The molecule has 0 aromatic heterocycles. The van der Waals surface area contributed by atoms with E-state index in [0.29, 0.717) is 0 Å². The molecule has 0 saturated carbocycles. The largest absolute Gasteiger partial charge is 0.0622 e. The second kappa shape index (κ2) is 14.2. The summed E-state index contributed by atoms with van der Waals surface area (Å²) in [6.07, 6.45) is 0. The molecule has 11 rings (SSSR count). The molecule has 0 fully saturated rings. The minimum atomic E-state index is 1.20. The van der Waals surface area contributed by atoms with Crippen molar-refractivity contribution in [1.29, 1.82) is 0 Å². The molecule has 11 aromatic carbocycles. The Labute approximate surface area is 339 Å². The Morgan fingerprint density at radius 1 is 0.172 bits per heavy atom. The lowest BCUT2D eigenvalue weighted by Crippen LogP contribution is -1.93. The molecule has 0 heteroatoms. The molecule has 0 nitrogen and oxygen atoms in total. The summed E-state index contributed by atoms with van der Waals surface area (Å²) in [6.45, 7) is 0. The van der Waals surface area contributed by atoms with E-state index in [1.807, 2.05) is 0 Å². The minimum Gasteiger partial charge on any atom is -0.0622 e. The summed E-state index contributed by atoms with van der Waals surface area (Å²) in [5, 5.41) is 9.97. The average molecular weight is 735 g/mol. The van der Waals surface area contributed by atoms with Crippen LogP contribution in [0.15, 0.2) is 231 Å². The summed E-state index contributed by atoms with van der Waals surface area (Å²) in [4.78, 5) is 0. The highest BCUT2D eigenvalue weighted by atomic mass is 14.2. The van der Waals surface area contributed by atoms with Gasteiger partial charge in [0.05, 0.1) is 0 Å². The van der Waals surface area contributed by atoms with Gasteiger partial charge in [0.1, 0.15) is 0 Å². The van der Waals surface area contributed by atoms with Crippen LogP contribution in [-0.4, -0.2) is 0 Å². The van der Waals surface area contributed by atoms with Gasteiger partial charge in [-0.05, 0) is 134 Å².